The number of ether oxygens (including phenoxy) is 2. The van der Waals surface area contributed by atoms with Crippen molar-refractivity contribution < 1.29 is 18.8 Å². The second kappa shape index (κ2) is 8.25. The molecule has 1 unspecified atom stereocenters. The smallest absolute Gasteiger partial charge is 0.259 e. The number of methoxy groups -OCH3 is 1. The molecule has 1 amide bonds. The van der Waals surface area contributed by atoms with Gasteiger partial charge in [0.05, 0.1) is 19.4 Å². The number of hydrogen-bond donors (Lipinski definition) is 0. The summed E-state index contributed by atoms with van der Waals surface area (Å²) in [7, 11) is 1.64. The van der Waals surface area contributed by atoms with Crippen molar-refractivity contribution in [3.05, 3.63) is 41.3 Å². The molecule has 0 N–H and O–H groups in total. The summed E-state index contributed by atoms with van der Waals surface area (Å²) in [5.41, 5.74) is 1.36. The van der Waals surface area contributed by atoms with E-state index in [2.05, 4.69) is 5.16 Å². The van der Waals surface area contributed by atoms with Crippen LogP contribution in [0.15, 0.2) is 28.8 Å². The number of aryl methyl sites for hydroxylation is 2. The average molecular weight is 358 g/mol. The lowest BCUT2D eigenvalue weighted by molar-refractivity contribution is 0.0630. The van der Waals surface area contributed by atoms with E-state index >= 15 is 0 Å². The molecule has 1 aromatic heterocycles. The quantitative estimate of drug-likeness (QED) is 0.791. The lowest BCUT2D eigenvalue weighted by Gasteiger charge is -2.32. The molecule has 0 bridgehead atoms. The van der Waals surface area contributed by atoms with E-state index in [0.29, 0.717) is 36.8 Å². The van der Waals surface area contributed by atoms with Gasteiger partial charge in [-0.25, -0.2) is 0 Å². The van der Waals surface area contributed by atoms with Crippen LogP contribution in [0.3, 0.4) is 0 Å². The maximum absolute atomic E-state index is 12.9. The van der Waals surface area contributed by atoms with E-state index in [4.69, 9.17) is 14.0 Å². The molecule has 1 atom stereocenters. The average Bonchev–Trinajstić information content (AvgIpc) is 3.06. The molecule has 2 aromatic rings. The molecule has 0 saturated carbocycles. The van der Waals surface area contributed by atoms with Crippen LogP contribution in [-0.4, -0.2) is 42.8 Å². The molecule has 1 saturated heterocycles. The van der Waals surface area contributed by atoms with Gasteiger partial charge in [0, 0.05) is 25.1 Å². The lowest BCUT2D eigenvalue weighted by atomic mass is 9.98. The molecule has 6 nitrogen and oxygen atoms in total. The van der Waals surface area contributed by atoms with Gasteiger partial charge in [-0.05, 0) is 38.3 Å². The van der Waals surface area contributed by atoms with Gasteiger partial charge in [-0.2, -0.15) is 0 Å². The number of hydrogen-bond acceptors (Lipinski definition) is 5. The third-order valence-electron chi connectivity index (χ3n) is 4.82. The first-order chi connectivity index (χ1) is 12.6. The predicted molar refractivity (Wildman–Crippen MR) is 97.7 cm³/mol. The van der Waals surface area contributed by atoms with Gasteiger partial charge in [0.2, 0.25) is 0 Å². The number of piperidine rings is 1. The molecular formula is C20H26N2O4. The highest BCUT2D eigenvalue weighted by Gasteiger charge is 2.29. The third kappa shape index (κ3) is 4.00. The van der Waals surface area contributed by atoms with Crippen molar-refractivity contribution in [2.24, 2.45) is 5.92 Å². The van der Waals surface area contributed by atoms with Gasteiger partial charge >= 0.3 is 0 Å². The molecule has 6 heteroatoms. The predicted octanol–water partition coefficient (Wildman–Crippen LogP) is 3.49. The SMILES string of the molecule is CCc1noc(C)c1C(=O)N1CCCC(COc2cccc(OC)c2)C1. The summed E-state index contributed by atoms with van der Waals surface area (Å²) >= 11 is 0. The Balaban J connectivity index is 1.62. The van der Waals surface area contributed by atoms with Gasteiger partial charge in [0.15, 0.2) is 0 Å². The topological polar surface area (TPSA) is 64.8 Å². The first-order valence-corrected chi connectivity index (χ1v) is 9.13. The van der Waals surface area contributed by atoms with Crippen molar-refractivity contribution in [1.29, 1.82) is 0 Å². The number of carbonyl (C=O) groups is 1. The highest BCUT2D eigenvalue weighted by molar-refractivity contribution is 5.96. The summed E-state index contributed by atoms with van der Waals surface area (Å²) in [4.78, 5) is 14.8. The molecule has 2 heterocycles. The Morgan fingerprint density at radius 2 is 2.19 bits per heavy atom. The van der Waals surface area contributed by atoms with Gasteiger partial charge < -0.3 is 18.9 Å². The van der Waals surface area contributed by atoms with Crippen LogP contribution in [-0.2, 0) is 6.42 Å². The van der Waals surface area contributed by atoms with E-state index in [0.717, 1.165) is 36.6 Å². The Kier molecular flexibility index (Phi) is 5.81. The zero-order valence-electron chi connectivity index (χ0n) is 15.7. The van der Waals surface area contributed by atoms with Crippen molar-refractivity contribution in [2.45, 2.75) is 33.1 Å². The van der Waals surface area contributed by atoms with Crippen molar-refractivity contribution in [3.63, 3.8) is 0 Å². The highest BCUT2D eigenvalue weighted by atomic mass is 16.5. The number of amides is 1. The van der Waals surface area contributed by atoms with E-state index in [9.17, 15) is 4.79 Å². The van der Waals surface area contributed by atoms with Crippen LogP contribution in [0.25, 0.3) is 0 Å². The number of benzene rings is 1. The van der Waals surface area contributed by atoms with Crippen molar-refractivity contribution in [2.75, 3.05) is 26.8 Å². The third-order valence-corrected chi connectivity index (χ3v) is 4.82. The molecule has 1 aliphatic rings. The van der Waals surface area contributed by atoms with E-state index < -0.39 is 0 Å². The second-order valence-electron chi connectivity index (χ2n) is 6.66. The summed E-state index contributed by atoms with van der Waals surface area (Å²) in [6.45, 7) is 5.82. The largest absolute Gasteiger partial charge is 0.497 e. The van der Waals surface area contributed by atoms with Gasteiger partial charge in [-0.15, -0.1) is 0 Å². The maximum Gasteiger partial charge on any atom is 0.259 e. The molecule has 26 heavy (non-hydrogen) atoms. The lowest BCUT2D eigenvalue weighted by Crippen LogP contribution is -2.42. The summed E-state index contributed by atoms with van der Waals surface area (Å²) in [6, 6.07) is 7.59. The monoisotopic (exact) mass is 358 g/mol. The summed E-state index contributed by atoms with van der Waals surface area (Å²) in [6.07, 6.45) is 2.72. The van der Waals surface area contributed by atoms with E-state index in [-0.39, 0.29) is 5.91 Å². The first-order valence-electron chi connectivity index (χ1n) is 9.13. The van der Waals surface area contributed by atoms with Crippen molar-refractivity contribution in [1.82, 2.24) is 10.1 Å². The van der Waals surface area contributed by atoms with Crippen LogP contribution in [0.5, 0.6) is 11.5 Å². The first kappa shape index (κ1) is 18.3. The van der Waals surface area contributed by atoms with Gasteiger partial charge in [0.1, 0.15) is 22.8 Å². The molecule has 1 aromatic carbocycles. The Hall–Kier alpha value is -2.50. The normalized spacial score (nSPS) is 17.2. The molecule has 0 radical (unpaired) electrons. The minimum Gasteiger partial charge on any atom is -0.497 e. The van der Waals surface area contributed by atoms with Crippen LogP contribution in [0.2, 0.25) is 0 Å². The number of likely N-dealkylation sites (tertiary alicyclic amines) is 1. The number of carbonyl (C=O) groups excluding carboxylic acids is 1. The standard InChI is InChI=1S/C20H26N2O4/c1-4-18-19(14(2)26-21-18)20(23)22-10-6-7-15(12-22)13-25-17-9-5-8-16(11-17)24-3/h5,8-9,11,15H,4,6-7,10,12-13H2,1-3H3. The summed E-state index contributed by atoms with van der Waals surface area (Å²) in [5, 5.41) is 4.00. The molecule has 0 aliphatic carbocycles. The minimum atomic E-state index is 0.0201. The number of rotatable bonds is 6. The van der Waals surface area contributed by atoms with Crippen LogP contribution < -0.4 is 9.47 Å². The molecule has 0 spiro atoms. The zero-order chi connectivity index (χ0) is 18.5. The van der Waals surface area contributed by atoms with E-state index in [1.807, 2.05) is 36.1 Å². The molecule has 1 aliphatic heterocycles. The van der Waals surface area contributed by atoms with E-state index in [1.165, 1.54) is 0 Å². The molecule has 1 fully saturated rings. The van der Waals surface area contributed by atoms with Crippen LogP contribution in [0.4, 0.5) is 0 Å². The van der Waals surface area contributed by atoms with Crippen LogP contribution >= 0.6 is 0 Å². The molecule has 3 rings (SSSR count). The molecular weight excluding hydrogens is 332 g/mol. The van der Waals surface area contributed by atoms with Crippen molar-refractivity contribution in [3.8, 4) is 11.5 Å². The minimum absolute atomic E-state index is 0.0201. The van der Waals surface area contributed by atoms with Gasteiger partial charge in [-0.1, -0.05) is 18.1 Å². The van der Waals surface area contributed by atoms with Crippen molar-refractivity contribution >= 4 is 5.91 Å². The fourth-order valence-corrected chi connectivity index (χ4v) is 3.38. The molecule has 140 valence electrons. The van der Waals surface area contributed by atoms with E-state index in [1.54, 1.807) is 14.0 Å². The second-order valence-corrected chi connectivity index (χ2v) is 6.66. The fourth-order valence-electron chi connectivity index (χ4n) is 3.38. The summed E-state index contributed by atoms with van der Waals surface area (Å²) in [5.74, 6) is 2.49. The number of aromatic nitrogens is 1. The number of nitrogens with zero attached hydrogens (tertiary/aromatic N) is 2. The van der Waals surface area contributed by atoms with Crippen LogP contribution in [0, 0.1) is 12.8 Å². The summed E-state index contributed by atoms with van der Waals surface area (Å²) < 4.78 is 16.4. The van der Waals surface area contributed by atoms with Gasteiger partial charge in [0.25, 0.3) is 5.91 Å². The van der Waals surface area contributed by atoms with Crippen LogP contribution in [0.1, 0.15) is 41.6 Å². The Morgan fingerprint density at radius 1 is 1.38 bits per heavy atom. The zero-order valence-corrected chi connectivity index (χ0v) is 15.7. The highest BCUT2D eigenvalue weighted by Crippen LogP contribution is 2.24. The fraction of sp³-hybridized carbons (Fsp3) is 0.500. The maximum atomic E-state index is 12.9. The Morgan fingerprint density at radius 3 is 2.96 bits per heavy atom. The Labute approximate surface area is 154 Å². The van der Waals surface area contributed by atoms with Gasteiger partial charge in [-0.3, -0.25) is 4.79 Å². The Bertz CT molecular complexity index is 756.